The van der Waals surface area contributed by atoms with Crippen molar-refractivity contribution >= 4 is 17.3 Å². The average molecular weight is 483 g/mol. The van der Waals surface area contributed by atoms with Crippen LogP contribution in [0.5, 0.6) is 0 Å². The second-order valence-corrected chi connectivity index (χ2v) is 9.02. The standard InChI is InChI=1S/C29H27FN4O2/c1-5-20-8-6-11-24(15-20)34-19(4)25(26(31-29(34)35)21-13-12-17(2)18(3)14-21)28-32-27(33-36-28)22-9-7-10-23(30)16-22/h6-16,26H,5H2,1-4H3,(H,31,35). The summed E-state index contributed by atoms with van der Waals surface area (Å²) in [5.74, 6) is 0.167. The molecule has 1 aliphatic heterocycles. The van der Waals surface area contributed by atoms with Gasteiger partial charge in [-0.25, -0.2) is 9.18 Å². The van der Waals surface area contributed by atoms with Crippen molar-refractivity contribution in [2.45, 2.75) is 40.2 Å². The Morgan fingerprint density at radius 2 is 1.81 bits per heavy atom. The number of allylic oxidation sites excluding steroid dienone is 1. The van der Waals surface area contributed by atoms with Crippen LogP contribution in [0.25, 0.3) is 17.0 Å². The number of hydrogen-bond donors (Lipinski definition) is 1. The molecule has 1 unspecified atom stereocenters. The molecule has 0 bridgehead atoms. The number of rotatable bonds is 5. The van der Waals surface area contributed by atoms with Gasteiger partial charge in [0.05, 0.1) is 17.3 Å². The Labute approximate surface area is 209 Å². The van der Waals surface area contributed by atoms with Gasteiger partial charge in [-0.15, -0.1) is 0 Å². The van der Waals surface area contributed by atoms with E-state index in [9.17, 15) is 9.18 Å². The first kappa shape index (κ1) is 23.5. The summed E-state index contributed by atoms with van der Waals surface area (Å²) in [6.07, 6.45) is 0.852. The lowest BCUT2D eigenvalue weighted by atomic mass is 9.92. The van der Waals surface area contributed by atoms with Gasteiger partial charge < -0.3 is 9.84 Å². The van der Waals surface area contributed by atoms with E-state index in [1.165, 1.54) is 12.1 Å². The van der Waals surface area contributed by atoms with E-state index in [1.807, 2.05) is 57.2 Å². The molecule has 2 heterocycles. The maximum Gasteiger partial charge on any atom is 0.326 e. The quantitative estimate of drug-likeness (QED) is 0.341. The third kappa shape index (κ3) is 4.28. The molecule has 182 valence electrons. The van der Waals surface area contributed by atoms with Gasteiger partial charge in [-0.05, 0) is 73.7 Å². The zero-order valence-corrected chi connectivity index (χ0v) is 20.7. The van der Waals surface area contributed by atoms with Gasteiger partial charge in [0.2, 0.25) is 5.82 Å². The molecule has 6 nitrogen and oxygen atoms in total. The van der Waals surface area contributed by atoms with Gasteiger partial charge in [0, 0.05) is 11.3 Å². The zero-order chi connectivity index (χ0) is 25.4. The van der Waals surface area contributed by atoms with Crippen molar-refractivity contribution in [1.82, 2.24) is 15.5 Å². The molecule has 5 rings (SSSR count). The predicted molar refractivity (Wildman–Crippen MR) is 138 cm³/mol. The molecule has 1 N–H and O–H groups in total. The van der Waals surface area contributed by atoms with Crippen molar-refractivity contribution < 1.29 is 13.7 Å². The summed E-state index contributed by atoms with van der Waals surface area (Å²) >= 11 is 0. The molecule has 2 amide bonds. The number of aryl methyl sites for hydroxylation is 3. The van der Waals surface area contributed by atoms with Crippen LogP contribution in [0.4, 0.5) is 14.9 Å². The van der Waals surface area contributed by atoms with Crippen LogP contribution in [0.1, 0.15) is 48.0 Å². The summed E-state index contributed by atoms with van der Waals surface area (Å²) in [5.41, 5.74) is 6.95. The van der Waals surface area contributed by atoms with E-state index in [2.05, 4.69) is 28.4 Å². The lowest BCUT2D eigenvalue weighted by Gasteiger charge is -2.35. The van der Waals surface area contributed by atoms with Gasteiger partial charge in [-0.1, -0.05) is 54.5 Å². The number of urea groups is 1. The minimum Gasteiger partial charge on any atom is -0.334 e. The highest BCUT2D eigenvalue weighted by Crippen LogP contribution is 2.39. The van der Waals surface area contributed by atoms with E-state index in [-0.39, 0.29) is 23.6 Å². The first-order valence-electron chi connectivity index (χ1n) is 11.9. The fourth-order valence-electron chi connectivity index (χ4n) is 4.52. The van der Waals surface area contributed by atoms with Crippen molar-refractivity contribution in [3.8, 4) is 11.4 Å². The molecule has 3 aromatic carbocycles. The van der Waals surface area contributed by atoms with Crippen molar-refractivity contribution in [3.63, 3.8) is 0 Å². The monoisotopic (exact) mass is 482 g/mol. The van der Waals surface area contributed by atoms with Crippen LogP contribution in [-0.4, -0.2) is 16.2 Å². The normalized spacial score (nSPS) is 15.9. The molecular formula is C29H27FN4O2. The van der Waals surface area contributed by atoms with Gasteiger partial charge in [0.25, 0.3) is 5.89 Å². The Balaban J connectivity index is 1.67. The highest BCUT2D eigenvalue weighted by molar-refractivity contribution is 6.01. The molecule has 0 fully saturated rings. The van der Waals surface area contributed by atoms with Crippen LogP contribution in [0.3, 0.4) is 0 Å². The number of halogens is 1. The molecule has 0 aliphatic carbocycles. The largest absolute Gasteiger partial charge is 0.334 e. The van der Waals surface area contributed by atoms with E-state index < -0.39 is 6.04 Å². The van der Waals surface area contributed by atoms with Gasteiger partial charge in [0.1, 0.15) is 5.82 Å². The van der Waals surface area contributed by atoms with Crippen molar-refractivity contribution in [2.24, 2.45) is 0 Å². The summed E-state index contributed by atoms with van der Waals surface area (Å²) in [6, 6.07) is 19.3. The molecular weight excluding hydrogens is 455 g/mol. The van der Waals surface area contributed by atoms with Crippen molar-refractivity contribution in [1.29, 1.82) is 0 Å². The van der Waals surface area contributed by atoms with E-state index in [4.69, 9.17) is 4.52 Å². The molecule has 0 saturated carbocycles. The van der Waals surface area contributed by atoms with Crippen molar-refractivity contribution in [2.75, 3.05) is 4.90 Å². The number of benzene rings is 3. The smallest absolute Gasteiger partial charge is 0.326 e. The fourth-order valence-corrected chi connectivity index (χ4v) is 4.52. The summed E-state index contributed by atoms with van der Waals surface area (Å²) < 4.78 is 19.5. The summed E-state index contributed by atoms with van der Waals surface area (Å²) in [6.45, 7) is 8.04. The number of anilines is 1. The van der Waals surface area contributed by atoms with Crippen LogP contribution >= 0.6 is 0 Å². The number of amides is 2. The summed E-state index contributed by atoms with van der Waals surface area (Å²) in [5, 5.41) is 7.27. The SMILES string of the molecule is CCc1cccc(N2C(=O)NC(c3ccc(C)c(C)c3)C(c3nc(-c4cccc(F)c4)no3)=C2C)c1. The van der Waals surface area contributed by atoms with Gasteiger partial charge in [0.15, 0.2) is 0 Å². The van der Waals surface area contributed by atoms with Crippen LogP contribution in [0.15, 0.2) is 77.0 Å². The molecule has 0 saturated heterocycles. The molecule has 0 spiro atoms. The number of nitrogens with one attached hydrogen (secondary N) is 1. The van der Waals surface area contributed by atoms with Crippen LogP contribution < -0.4 is 10.2 Å². The van der Waals surface area contributed by atoms with Crippen LogP contribution in [-0.2, 0) is 6.42 Å². The first-order chi connectivity index (χ1) is 17.4. The van der Waals surface area contributed by atoms with Crippen LogP contribution in [0, 0.1) is 19.7 Å². The summed E-state index contributed by atoms with van der Waals surface area (Å²) in [4.78, 5) is 19.7. The lowest BCUT2D eigenvalue weighted by molar-refractivity contribution is 0.244. The first-order valence-corrected chi connectivity index (χ1v) is 11.9. The number of aromatic nitrogens is 2. The Morgan fingerprint density at radius 3 is 2.56 bits per heavy atom. The van der Waals surface area contributed by atoms with Gasteiger partial charge in [-0.2, -0.15) is 4.98 Å². The minimum absolute atomic E-state index is 0.238. The molecule has 36 heavy (non-hydrogen) atoms. The second kappa shape index (κ2) is 9.41. The lowest BCUT2D eigenvalue weighted by Crippen LogP contribution is -2.46. The molecule has 1 atom stereocenters. The maximum atomic E-state index is 13.8. The van der Waals surface area contributed by atoms with E-state index >= 15 is 0 Å². The van der Waals surface area contributed by atoms with Gasteiger partial charge >= 0.3 is 6.03 Å². The second-order valence-electron chi connectivity index (χ2n) is 9.02. The molecule has 1 aromatic heterocycles. The predicted octanol–water partition coefficient (Wildman–Crippen LogP) is 6.76. The molecule has 4 aromatic rings. The average Bonchev–Trinajstić information content (AvgIpc) is 3.35. The number of carbonyl (C=O) groups excluding carboxylic acids is 1. The fraction of sp³-hybridized carbons (Fsp3) is 0.207. The zero-order valence-electron chi connectivity index (χ0n) is 20.7. The van der Waals surface area contributed by atoms with E-state index in [1.54, 1.807) is 17.0 Å². The summed E-state index contributed by atoms with van der Waals surface area (Å²) in [7, 11) is 0. The number of carbonyl (C=O) groups is 1. The van der Waals surface area contributed by atoms with Gasteiger partial charge in [-0.3, -0.25) is 4.90 Å². The topological polar surface area (TPSA) is 71.3 Å². The number of hydrogen-bond acceptors (Lipinski definition) is 4. The third-order valence-corrected chi connectivity index (χ3v) is 6.67. The highest BCUT2D eigenvalue weighted by atomic mass is 19.1. The Bertz CT molecular complexity index is 1490. The third-order valence-electron chi connectivity index (χ3n) is 6.67. The van der Waals surface area contributed by atoms with E-state index in [0.717, 1.165) is 34.4 Å². The Hall–Kier alpha value is -4.26. The molecule has 1 aliphatic rings. The maximum absolute atomic E-state index is 13.8. The highest BCUT2D eigenvalue weighted by Gasteiger charge is 2.36. The van der Waals surface area contributed by atoms with Crippen molar-refractivity contribution in [3.05, 3.63) is 106 Å². The molecule has 7 heteroatoms. The minimum atomic E-state index is -0.497. The molecule has 0 radical (unpaired) electrons. The number of nitrogens with zero attached hydrogens (tertiary/aromatic N) is 3. The van der Waals surface area contributed by atoms with E-state index in [0.29, 0.717) is 16.8 Å². The Kier molecular flexibility index (Phi) is 6.14. The van der Waals surface area contributed by atoms with Crippen LogP contribution in [0.2, 0.25) is 0 Å². The Morgan fingerprint density at radius 1 is 1.00 bits per heavy atom.